The van der Waals surface area contributed by atoms with Crippen LogP contribution in [0.25, 0.3) is 22.1 Å². The van der Waals surface area contributed by atoms with Crippen LogP contribution in [-0.2, 0) is 21.3 Å². The number of carbonyl (C=O) groups is 2. The van der Waals surface area contributed by atoms with Crippen molar-refractivity contribution < 1.29 is 14.8 Å². The number of aromatic amines is 1. The first-order chi connectivity index (χ1) is 21.8. The largest absolute Gasteiger partial charge is 0.350 e. The second kappa shape index (κ2) is 13.6. The second-order valence-electron chi connectivity index (χ2n) is 13.6. The molecule has 5 rings (SSSR count). The van der Waals surface area contributed by atoms with Crippen LogP contribution in [-0.4, -0.2) is 72.4 Å². The molecule has 1 aliphatic rings. The molecule has 0 aromatic carbocycles. The first-order valence-electron chi connectivity index (χ1n) is 15.8. The van der Waals surface area contributed by atoms with Crippen molar-refractivity contribution >= 4 is 39.7 Å². The average Bonchev–Trinajstić information content (AvgIpc) is 2.99. The number of amides is 2. The molecule has 1 aliphatic heterocycles. The minimum atomic E-state index is -0.516. The Morgan fingerprint density at radius 2 is 1.54 bits per heavy atom. The molecule has 1 saturated heterocycles. The Morgan fingerprint density at radius 3 is 2.28 bits per heavy atom. The van der Waals surface area contributed by atoms with Gasteiger partial charge in [-0.2, -0.15) is 0 Å². The number of pyridine rings is 4. The fraction of sp³-hybridized carbons (Fsp3) is 0.471. The van der Waals surface area contributed by atoms with Crippen molar-refractivity contribution in [1.82, 2.24) is 35.2 Å². The van der Waals surface area contributed by atoms with Gasteiger partial charge in [-0.1, -0.05) is 0 Å². The fourth-order valence-electron chi connectivity index (χ4n) is 6.59. The van der Waals surface area contributed by atoms with Gasteiger partial charge >= 0.3 is 0 Å². The van der Waals surface area contributed by atoms with Crippen molar-refractivity contribution in [2.24, 2.45) is 5.92 Å². The number of piperidine rings is 1. The van der Waals surface area contributed by atoms with Gasteiger partial charge in [-0.15, -0.1) is 10.3 Å². The third-order valence-corrected chi connectivity index (χ3v) is 8.57. The van der Waals surface area contributed by atoms with Gasteiger partial charge in [0.2, 0.25) is 17.4 Å². The van der Waals surface area contributed by atoms with Gasteiger partial charge in [0.05, 0.1) is 12.2 Å². The lowest BCUT2D eigenvalue weighted by molar-refractivity contribution is -0.294. The van der Waals surface area contributed by atoms with Gasteiger partial charge in [-0.25, -0.2) is 15.0 Å². The maximum absolute atomic E-state index is 13.0. The van der Waals surface area contributed by atoms with Crippen LogP contribution in [0.4, 0.5) is 5.82 Å². The molecule has 0 atom stereocenters. The Labute approximate surface area is 268 Å². The summed E-state index contributed by atoms with van der Waals surface area (Å²) in [5.41, 5.74) is 1.27. The summed E-state index contributed by atoms with van der Waals surface area (Å²) >= 11 is 0. The molecule has 46 heavy (non-hydrogen) atoms. The quantitative estimate of drug-likeness (QED) is 0.224. The van der Waals surface area contributed by atoms with Gasteiger partial charge in [0.25, 0.3) is 0 Å². The zero-order valence-electron chi connectivity index (χ0n) is 27.2. The number of aromatic nitrogens is 4. The van der Waals surface area contributed by atoms with Crippen molar-refractivity contribution in [3.8, 4) is 0 Å². The third kappa shape index (κ3) is 8.31. The molecule has 0 unspecified atom stereocenters. The first kappa shape index (κ1) is 33.1. The molecular weight excluding hydrogens is 584 g/mol. The highest BCUT2D eigenvalue weighted by Crippen LogP contribution is 2.40. The fourth-order valence-corrected chi connectivity index (χ4v) is 6.59. The normalized spacial score (nSPS) is 16.6. The predicted octanol–water partition coefficient (Wildman–Crippen LogP) is 4.13. The zero-order valence-corrected chi connectivity index (χ0v) is 27.2. The Kier molecular flexibility index (Phi) is 9.80. The van der Waals surface area contributed by atoms with Crippen LogP contribution in [0.5, 0.6) is 0 Å². The number of carbonyl (C=O) groups excluding carboxylic acids is 2. The molecule has 243 valence electrons. The highest BCUT2D eigenvalue weighted by Gasteiger charge is 2.46. The molecule has 1 fully saturated rings. The minimum Gasteiger partial charge on any atom is -0.350 e. The number of nitrogens with zero attached hydrogens (tertiary/aromatic N) is 5. The molecule has 2 amide bonds. The van der Waals surface area contributed by atoms with Crippen molar-refractivity contribution in [1.29, 1.82) is 0 Å². The van der Waals surface area contributed by atoms with Gasteiger partial charge in [-0.3, -0.25) is 14.4 Å². The van der Waals surface area contributed by atoms with Gasteiger partial charge in [0.1, 0.15) is 11.5 Å². The van der Waals surface area contributed by atoms with Crippen LogP contribution < -0.4 is 16.2 Å². The van der Waals surface area contributed by atoms with Crippen LogP contribution in [0, 0.1) is 12.8 Å². The lowest BCUT2D eigenvalue weighted by Crippen LogP contribution is -2.59. The second-order valence-corrected chi connectivity index (χ2v) is 13.6. The van der Waals surface area contributed by atoms with E-state index in [1.165, 1.54) is 11.1 Å². The first-order valence-corrected chi connectivity index (χ1v) is 15.8. The lowest BCUT2D eigenvalue weighted by atomic mass is 9.75. The smallest absolute Gasteiger partial charge is 0.249 e. The van der Waals surface area contributed by atoms with Crippen LogP contribution in [0.1, 0.15) is 64.8 Å². The van der Waals surface area contributed by atoms with E-state index in [-0.39, 0.29) is 42.7 Å². The Morgan fingerprint density at radius 1 is 0.891 bits per heavy atom. The highest BCUT2D eigenvalue weighted by atomic mass is 16.5. The molecule has 3 N–H and O–H groups in total. The summed E-state index contributed by atoms with van der Waals surface area (Å²) in [6.45, 7) is 11.6. The Hall–Kier alpha value is -4.26. The third-order valence-electron chi connectivity index (χ3n) is 8.57. The van der Waals surface area contributed by atoms with Crippen LogP contribution in [0.15, 0.2) is 53.3 Å². The van der Waals surface area contributed by atoms with Crippen molar-refractivity contribution in [3.05, 3.63) is 70.3 Å². The van der Waals surface area contributed by atoms with Crippen molar-refractivity contribution in [2.45, 2.75) is 77.9 Å². The Bertz CT molecular complexity index is 1770. The number of fused-ring (bicyclic) bond motifs is 2. The van der Waals surface area contributed by atoms with E-state index in [0.29, 0.717) is 42.4 Å². The summed E-state index contributed by atoms with van der Waals surface area (Å²) in [6.07, 6.45) is 1.89. The topological polar surface area (TPSA) is 156 Å². The summed E-state index contributed by atoms with van der Waals surface area (Å²) in [6, 6.07) is 14.3. The van der Waals surface area contributed by atoms with E-state index in [1.54, 1.807) is 12.1 Å². The number of hydroxylamine groups is 2. The zero-order chi connectivity index (χ0) is 33.1. The minimum absolute atomic E-state index is 0.143. The number of aryl methyl sites for hydroxylation is 1. The monoisotopic (exact) mass is 627 g/mol. The van der Waals surface area contributed by atoms with Crippen LogP contribution in [0.3, 0.4) is 0 Å². The summed E-state index contributed by atoms with van der Waals surface area (Å²) in [5.74, 6) is 0.349. The van der Waals surface area contributed by atoms with Gasteiger partial charge < -0.3 is 20.5 Å². The molecule has 5 heterocycles. The van der Waals surface area contributed by atoms with Gasteiger partial charge in [0.15, 0.2) is 5.65 Å². The van der Waals surface area contributed by atoms with Crippen LogP contribution in [0.2, 0.25) is 0 Å². The molecule has 0 saturated carbocycles. The number of rotatable bonds is 11. The molecule has 0 aliphatic carbocycles. The van der Waals surface area contributed by atoms with E-state index < -0.39 is 11.1 Å². The molecule has 0 spiro atoms. The van der Waals surface area contributed by atoms with E-state index in [4.69, 9.17) is 0 Å². The number of anilines is 1. The molecule has 4 aromatic rings. The number of nitrogens with one attached hydrogen (secondary N) is 3. The molecule has 1 radical (unpaired) electrons. The van der Waals surface area contributed by atoms with E-state index in [2.05, 4.69) is 35.5 Å². The van der Waals surface area contributed by atoms with E-state index >= 15 is 0 Å². The van der Waals surface area contributed by atoms with E-state index in [0.717, 1.165) is 29.3 Å². The highest BCUT2D eigenvalue weighted by molar-refractivity contribution is 5.91. The standard InChI is InChI=1S/C34H43N8O4/c1-22-6-7-24-9-12-27(39-31(24)36-22)38-30(45)15-17-41(21-23-18-33(2,3)42(46)34(4,5)19-23)16-14-28(43)35-20-26-11-8-25-10-13-29(44)40-32(25)37-26/h6-13,23H,14-21H2,1-5H3,(H,35,43)(H,37,40,44)(H,36,38,39,45). The molecular formula is C34H43N8O4. The average molecular weight is 628 g/mol. The summed E-state index contributed by atoms with van der Waals surface area (Å²) < 4.78 is 0. The predicted molar refractivity (Wildman–Crippen MR) is 176 cm³/mol. The molecule has 0 bridgehead atoms. The lowest BCUT2D eigenvalue weighted by Gasteiger charge is -2.50. The maximum atomic E-state index is 13.0. The summed E-state index contributed by atoms with van der Waals surface area (Å²) in [7, 11) is 0. The van der Waals surface area contributed by atoms with Gasteiger partial charge in [-0.05, 0) is 95.8 Å². The van der Waals surface area contributed by atoms with Crippen molar-refractivity contribution in [3.63, 3.8) is 0 Å². The molecule has 4 aromatic heterocycles. The number of hydrogen-bond acceptors (Lipinski definition) is 8. The molecule has 12 nitrogen and oxygen atoms in total. The maximum Gasteiger partial charge on any atom is 0.249 e. The number of hydrogen-bond donors (Lipinski definition) is 3. The number of H-pyrrole nitrogens is 1. The summed E-state index contributed by atoms with van der Waals surface area (Å²) in [5, 5.41) is 21.7. The van der Waals surface area contributed by atoms with Gasteiger partial charge in [0, 0.05) is 66.1 Å². The SMILES string of the molecule is Cc1ccc2ccc(NC(=O)CCN(CCC(=O)NCc3ccc4ccc(=O)[nH]c4n3)CC3CC(C)(C)N([O])C(C)(C)C3)nc2n1. The molecule has 12 heteroatoms. The van der Waals surface area contributed by atoms with Crippen LogP contribution >= 0.6 is 0 Å². The van der Waals surface area contributed by atoms with E-state index in [9.17, 15) is 19.6 Å². The Balaban J connectivity index is 1.21. The summed E-state index contributed by atoms with van der Waals surface area (Å²) in [4.78, 5) is 55.9. The van der Waals surface area contributed by atoms with Crippen molar-refractivity contribution in [2.75, 3.05) is 25.0 Å². The van der Waals surface area contributed by atoms with E-state index in [1.807, 2.05) is 65.0 Å².